The molecule has 0 saturated carbocycles. The zero-order chi connectivity index (χ0) is 19.0. The number of fused-ring (bicyclic) bond motifs is 1. The molecular weight excluding hydrogens is 332 g/mol. The second kappa shape index (κ2) is 6.55. The van der Waals surface area contributed by atoms with Crippen LogP contribution < -0.4 is 0 Å². The van der Waals surface area contributed by atoms with Gasteiger partial charge in [0.05, 0.1) is 23.6 Å². The standard InChI is InChI=1S/C24H22N2O/c1-24(2,19-11-7-4-8-12-19)26-22(18-9-5-3-6-10-18)21-15-17(16-25)13-14-20(21)23(26)27/h3-15,20-22H,1-2H3/t20-,21+,22-/m0/s1. The summed E-state index contributed by atoms with van der Waals surface area (Å²) in [4.78, 5) is 15.5. The molecule has 0 bridgehead atoms. The molecule has 3 nitrogen and oxygen atoms in total. The van der Waals surface area contributed by atoms with Gasteiger partial charge in [0.2, 0.25) is 5.91 Å². The minimum atomic E-state index is -0.468. The summed E-state index contributed by atoms with van der Waals surface area (Å²) >= 11 is 0. The normalized spacial score (nSPS) is 24.3. The Labute approximate surface area is 160 Å². The molecular formula is C24H22N2O. The van der Waals surface area contributed by atoms with Crippen molar-refractivity contribution in [1.82, 2.24) is 4.90 Å². The van der Waals surface area contributed by atoms with E-state index < -0.39 is 5.54 Å². The van der Waals surface area contributed by atoms with Gasteiger partial charge in [0, 0.05) is 11.5 Å². The largest absolute Gasteiger partial charge is 0.325 e. The van der Waals surface area contributed by atoms with E-state index in [-0.39, 0.29) is 23.8 Å². The summed E-state index contributed by atoms with van der Waals surface area (Å²) in [7, 11) is 0. The number of rotatable bonds is 3. The highest BCUT2D eigenvalue weighted by atomic mass is 16.2. The van der Waals surface area contributed by atoms with Crippen LogP contribution in [-0.2, 0) is 10.3 Å². The maximum atomic E-state index is 13.5. The number of hydrogen-bond donors (Lipinski definition) is 0. The molecule has 0 radical (unpaired) electrons. The molecule has 1 saturated heterocycles. The fourth-order valence-corrected chi connectivity index (χ4v) is 4.41. The predicted octanol–water partition coefficient (Wildman–Crippen LogP) is 4.76. The van der Waals surface area contributed by atoms with E-state index in [1.165, 1.54) is 0 Å². The molecule has 2 aromatic rings. The van der Waals surface area contributed by atoms with E-state index in [9.17, 15) is 10.1 Å². The van der Waals surface area contributed by atoms with Gasteiger partial charge in [-0.05, 0) is 31.1 Å². The summed E-state index contributed by atoms with van der Waals surface area (Å²) < 4.78 is 0. The van der Waals surface area contributed by atoms with Crippen LogP contribution in [0.4, 0.5) is 0 Å². The Bertz CT molecular complexity index is 951. The van der Waals surface area contributed by atoms with Crippen molar-refractivity contribution in [1.29, 1.82) is 5.26 Å². The third kappa shape index (κ3) is 2.78. The van der Waals surface area contributed by atoms with Crippen molar-refractivity contribution in [3.05, 3.63) is 95.6 Å². The second-order valence-corrected chi connectivity index (χ2v) is 7.68. The molecule has 1 fully saturated rings. The quantitative estimate of drug-likeness (QED) is 0.798. The molecule has 1 aliphatic heterocycles. The summed E-state index contributed by atoms with van der Waals surface area (Å²) in [5.41, 5.74) is 2.37. The molecule has 3 atom stereocenters. The van der Waals surface area contributed by atoms with Gasteiger partial charge in [-0.2, -0.15) is 5.26 Å². The number of amides is 1. The maximum Gasteiger partial charge on any atom is 0.231 e. The molecule has 4 rings (SSSR count). The van der Waals surface area contributed by atoms with Gasteiger partial charge in [-0.3, -0.25) is 4.79 Å². The molecule has 1 amide bonds. The lowest BCUT2D eigenvalue weighted by Crippen LogP contribution is -2.44. The van der Waals surface area contributed by atoms with Crippen molar-refractivity contribution < 1.29 is 4.79 Å². The number of carbonyl (C=O) groups excluding carboxylic acids is 1. The Balaban J connectivity index is 1.87. The molecule has 134 valence electrons. The van der Waals surface area contributed by atoms with E-state index in [1.807, 2.05) is 53.5 Å². The molecule has 1 heterocycles. The van der Waals surface area contributed by atoms with Gasteiger partial charge in [0.25, 0.3) is 0 Å². The van der Waals surface area contributed by atoms with Gasteiger partial charge >= 0.3 is 0 Å². The fourth-order valence-electron chi connectivity index (χ4n) is 4.41. The molecule has 0 unspecified atom stereocenters. The molecule has 27 heavy (non-hydrogen) atoms. The second-order valence-electron chi connectivity index (χ2n) is 7.68. The van der Waals surface area contributed by atoms with Gasteiger partial charge in [-0.15, -0.1) is 0 Å². The molecule has 3 heteroatoms. The molecule has 0 N–H and O–H groups in total. The van der Waals surface area contributed by atoms with Crippen molar-refractivity contribution >= 4 is 5.91 Å². The van der Waals surface area contributed by atoms with E-state index in [0.29, 0.717) is 5.57 Å². The summed E-state index contributed by atoms with van der Waals surface area (Å²) in [6.07, 6.45) is 5.66. The smallest absolute Gasteiger partial charge is 0.231 e. The van der Waals surface area contributed by atoms with Crippen LogP contribution in [0.3, 0.4) is 0 Å². The number of allylic oxidation sites excluding steroid dienone is 2. The zero-order valence-corrected chi connectivity index (χ0v) is 15.5. The number of likely N-dealkylation sites (tertiary alicyclic amines) is 1. The zero-order valence-electron chi connectivity index (χ0n) is 15.5. The van der Waals surface area contributed by atoms with Crippen LogP contribution in [0.15, 0.2) is 84.5 Å². The summed E-state index contributed by atoms with van der Waals surface area (Å²) in [6.45, 7) is 4.21. The number of hydrogen-bond acceptors (Lipinski definition) is 2. The Kier molecular flexibility index (Phi) is 4.20. The topological polar surface area (TPSA) is 44.1 Å². The monoisotopic (exact) mass is 354 g/mol. The van der Waals surface area contributed by atoms with Gasteiger partial charge in [-0.25, -0.2) is 0 Å². The van der Waals surface area contributed by atoms with E-state index in [1.54, 1.807) is 6.08 Å². The average molecular weight is 354 g/mol. The molecule has 1 aliphatic carbocycles. The highest BCUT2D eigenvalue weighted by Gasteiger charge is 2.52. The minimum absolute atomic E-state index is 0.0393. The van der Waals surface area contributed by atoms with Crippen LogP contribution in [0, 0.1) is 23.2 Å². The Morgan fingerprint density at radius 3 is 2.26 bits per heavy atom. The lowest BCUT2D eigenvalue weighted by molar-refractivity contribution is -0.136. The highest BCUT2D eigenvalue weighted by Crippen LogP contribution is 2.50. The molecule has 2 aliphatic rings. The van der Waals surface area contributed by atoms with E-state index in [2.05, 4.69) is 44.2 Å². The predicted molar refractivity (Wildman–Crippen MR) is 105 cm³/mol. The lowest BCUT2D eigenvalue weighted by Gasteiger charge is -2.41. The van der Waals surface area contributed by atoms with Gasteiger partial charge in [-0.1, -0.05) is 72.8 Å². The van der Waals surface area contributed by atoms with E-state index in [4.69, 9.17) is 0 Å². The highest BCUT2D eigenvalue weighted by molar-refractivity contribution is 5.86. The average Bonchev–Trinajstić information content (AvgIpc) is 3.02. The first-order valence-corrected chi connectivity index (χ1v) is 9.28. The lowest BCUT2D eigenvalue weighted by atomic mass is 9.81. The summed E-state index contributed by atoms with van der Waals surface area (Å²) in [5, 5.41) is 9.37. The first-order valence-electron chi connectivity index (χ1n) is 9.28. The van der Waals surface area contributed by atoms with Crippen molar-refractivity contribution in [3.63, 3.8) is 0 Å². The van der Waals surface area contributed by atoms with Crippen LogP contribution in [0.25, 0.3) is 0 Å². The number of benzene rings is 2. The SMILES string of the molecule is CC(C)(c1ccccc1)N1C(=O)[C@H]2C=CC(C#N)=C[C@H]2[C@@H]1c1ccccc1. The minimum Gasteiger partial charge on any atom is -0.325 e. The Morgan fingerprint density at radius 1 is 1.00 bits per heavy atom. The molecule has 0 spiro atoms. The van der Waals surface area contributed by atoms with Crippen LogP contribution in [0.1, 0.15) is 31.0 Å². The third-order valence-electron chi connectivity index (χ3n) is 5.79. The van der Waals surface area contributed by atoms with Gasteiger partial charge in [0.15, 0.2) is 0 Å². The summed E-state index contributed by atoms with van der Waals surface area (Å²) in [5.74, 6) is -0.148. The first kappa shape index (κ1) is 17.3. The van der Waals surface area contributed by atoms with E-state index in [0.717, 1.165) is 11.1 Å². The summed E-state index contributed by atoms with van der Waals surface area (Å²) in [6, 6.07) is 22.4. The van der Waals surface area contributed by atoms with Crippen molar-refractivity contribution in [2.24, 2.45) is 11.8 Å². The van der Waals surface area contributed by atoms with E-state index >= 15 is 0 Å². The van der Waals surface area contributed by atoms with Crippen LogP contribution in [-0.4, -0.2) is 10.8 Å². The number of carbonyl (C=O) groups is 1. The van der Waals surface area contributed by atoms with Crippen LogP contribution in [0.2, 0.25) is 0 Å². The van der Waals surface area contributed by atoms with Crippen molar-refractivity contribution in [2.45, 2.75) is 25.4 Å². The van der Waals surface area contributed by atoms with Gasteiger partial charge < -0.3 is 4.90 Å². The first-order chi connectivity index (χ1) is 13.0. The number of nitrogens with zero attached hydrogens (tertiary/aromatic N) is 2. The molecule has 0 aromatic heterocycles. The van der Waals surface area contributed by atoms with Crippen molar-refractivity contribution in [2.75, 3.05) is 0 Å². The Morgan fingerprint density at radius 2 is 1.63 bits per heavy atom. The molecule has 2 aromatic carbocycles. The van der Waals surface area contributed by atoms with Crippen LogP contribution >= 0.6 is 0 Å². The fraction of sp³-hybridized carbons (Fsp3) is 0.250. The number of nitriles is 1. The van der Waals surface area contributed by atoms with Crippen molar-refractivity contribution in [3.8, 4) is 6.07 Å². The third-order valence-corrected chi connectivity index (χ3v) is 5.79. The van der Waals surface area contributed by atoms with Gasteiger partial charge in [0.1, 0.15) is 0 Å². The Hall–Kier alpha value is -3.12. The maximum absolute atomic E-state index is 13.5. The van der Waals surface area contributed by atoms with Crippen LogP contribution in [0.5, 0.6) is 0 Å².